The molecule has 3 heterocycles. The van der Waals surface area contributed by atoms with Crippen LogP contribution >= 0.6 is 0 Å². The van der Waals surface area contributed by atoms with Gasteiger partial charge in [-0.15, -0.1) is 0 Å². The van der Waals surface area contributed by atoms with E-state index in [1.165, 1.54) is 25.3 Å². The van der Waals surface area contributed by atoms with Crippen LogP contribution in [0.3, 0.4) is 0 Å². The number of anilines is 1. The number of amides is 2. The van der Waals surface area contributed by atoms with Gasteiger partial charge in [0.15, 0.2) is 9.84 Å². The third kappa shape index (κ3) is 5.55. The number of rotatable bonds is 6. The Morgan fingerprint density at radius 1 is 1.05 bits per heavy atom. The number of ether oxygens (including phenoxy) is 1. The molecule has 2 aliphatic rings. The summed E-state index contributed by atoms with van der Waals surface area (Å²) in [6.07, 6.45) is 1.67. The maximum atomic E-state index is 13.4. The zero-order valence-electron chi connectivity index (χ0n) is 23.4. The minimum atomic E-state index is -3.82. The quantitative estimate of drug-likeness (QED) is 0.340. The van der Waals surface area contributed by atoms with Crippen molar-refractivity contribution in [2.24, 2.45) is 0 Å². The number of aryl methyl sites for hydroxylation is 1. The van der Waals surface area contributed by atoms with Gasteiger partial charge in [-0.25, -0.2) is 13.2 Å². The number of aromatic amines is 1. The van der Waals surface area contributed by atoms with Gasteiger partial charge in [0.1, 0.15) is 0 Å². The zero-order chi connectivity index (χ0) is 29.5. The van der Waals surface area contributed by atoms with Crippen LogP contribution < -0.4 is 5.32 Å². The van der Waals surface area contributed by atoms with Crippen molar-refractivity contribution in [2.45, 2.75) is 24.5 Å². The van der Waals surface area contributed by atoms with Gasteiger partial charge >= 0.3 is 5.97 Å². The van der Waals surface area contributed by atoms with E-state index >= 15 is 0 Å². The van der Waals surface area contributed by atoms with Crippen molar-refractivity contribution >= 4 is 45.0 Å². The highest BCUT2D eigenvalue weighted by molar-refractivity contribution is 7.90. The smallest absolute Gasteiger partial charge is 0.337 e. The molecule has 0 saturated carbocycles. The first-order valence-corrected chi connectivity index (χ1v) is 14.9. The summed E-state index contributed by atoms with van der Waals surface area (Å²) < 4.78 is 31.4. The molecule has 1 fully saturated rings. The second-order valence-electron chi connectivity index (χ2n) is 10.4. The van der Waals surface area contributed by atoms with Crippen LogP contribution in [0.25, 0.3) is 11.6 Å². The van der Waals surface area contributed by atoms with Crippen LogP contribution in [-0.2, 0) is 25.1 Å². The van der Waals surface area contributed by atoms with Crippen molar-refractivity contribution in [2.75, 3.05) is 45.7 Å². The van der Waals surface area contributed by atoms with Crippen molar-refractivity contribution in [3.8, 4) is 0 Å². The second-order valence-corrected chi connectivity index (χ2v) is 12.4. The minimum Gasteiger partial charge on any atom is -0.465 e. The molecule has 1 saturated heterocycles. The lowest BCUT2D eigenvalue weighted by Gasteiger charge is -2.32. The van der Waals surface area contributed by atoms with Gasteiger partial charge in [0.25, 0.3) is 11.8 Å². The summed E-state index contributed by atoms with van der Waals surface area (Å²) in [6.45, 7) is 6.59. The minimum absolute atomic E-state index is 0.0464. The fraction of sp³-hybridized carbons (Fsp3) is 0.300. The maximum Gasteiger partial charge on any atom is 0.337 e. The van der Waals surface area contributed by atoms with E-state index in [4.69, 9.17) is 4.74 Å². The predicted molar refractivity (Wildman–Crippen MR) is 155 cm³/mol. The molecule has 10 nitrogen and oxygen atoms in total. The highest BCUT2D eigenvalue weighted by Crippen LogP contribution is 2.36. The van der Waals surface area contributed by atoms with Crippen molar-refractivity contribution in [3.05, 3.63) is 81.7 Å². The first kappa shape index (κ1) is 28.3. The lowest BCUT2D eigenvalue weighted by Crippen LogP contribution is -2.47. The Balaban J connectivity index is 1.45. The summed E-state index contributed by atoms with van der Waals surface area (Å²) in [5.74, 6) is -1.29. The number of carbonyl (C=O) groups excluding carboxylic acids is 3. The molecule has 2 aliphatic heterocycles. The van der Waals surface area contributed by atoms with Gasteiger partial charge in [-0.1, -0.05) is 12.1 Å². The molecule has 5 rings (SSSR count). The summed E-state index contributed by atoms with van der Waals surface area (Å²) in [7, 11) is -0.523. The maximum absolute atomic E-state index is 13.4. The molecule has 2 amide bonds. The molecule has 0 unspecified atom stereocenters. The molecule has 11 heteroatoms. The summed E-state index contributed by atoms with van der Waals surface area (Å²) in [5, 5.41) is 2.79. The number of piperazine rings is 1. The van der Waals surface area contributed by atoms with Crippen molar-refractivity contribution in [1.82, 2.24) is 14.8 Å². The fourth-order valence-corrected chi connectivity index (χ4v) is 6.62. The summed E-state index contributed by atoms with van der Waals surface area (Å²) >= 11 is 0. The SMILES string of the molecule is COC(=O)c1cccc(CS(=O)(=O)c2ccc3c(c2)C(=Cc2[nH]c(C)c(C(=O)N4CCN(C)CC4)c2C)C(=O)N3)c1. The predicted octanol–water partition coefficient (Wildman–Crippen LogP) is 3.27. The highest BCUT2D eigenvalue weighted by Gasteiger charge is 2.29. The molecule has 214 valence electrons. The topological polar surface area (TPSA) is 129 Å². The lowest BCUT2D eigenvalue weighted by atomic mass is 10.0. The summed E-state index contributed by atoms with van der Waals surface area (Å²) in [6, 6.07) is 10.8. The number of benzene rings is 2. The average Bonchev–Trinajstić information content (AvgIpc) is 3.41. The number of sulfone groups is 1. The number of aromatic nitrogens is 1. The standard InChI is InChI=1S/C30H32N4O6S/c1-18-26(31-19(2)27(18)29(36)34-12-10-33(3)11-13-34)16-24-23-15-22(8-9-25(23)32-28(24)35)41(38,39)17-20-6-5-7-21(14-20)30(37)40-4/h5-9,14-16,31H,10-13,17H2,1-4H3,(H,32,35). The van der Waals surface area contributed by atoms with Crippen molar-refractivity contribution < 1.29 is 27.5 Å². The Labute approximate surface area is 238 Å². The fourth-order valence-electron chi connectivity index (χ4n) is 5.26. The molecule has 2 aromatic carbocycles. The molecule has 0 spiro atoms. The number of hydrogen-bond donors (Lipinski definition) is 2. The first-order valence-electron chi connectivity index (χ1n) is 13.2. The van der Waals surface area contributed by atoms with Gasteiger partial charge in [0.05, 0.1) is 34.5 Å². The Morgan fingerprint density at radius 2 is 1.78 bits per heavy atom. The Bertz CT molecular complexity index is 1700. The van der Waals surface area contributed by atoms with Gasteiger partial charge in [-0.2, -0.15) is 0 Å². The van der Waals surface area contributed by atoms with Crippen LogP contribution in [0.2, 0.25) is 0 Å². The number of hydrogen-bond acceptors (Lipinski definition) is 7. The third-order valence-electron chi connectivity index (χ3n) is 7.61. The number of likely N-dealkylation sites (N-methyl/N-ethyl adjacent to an activating group) is 1. The van der Waals surface area contributed by atoms with Gasteiger partial charge in [0, 0.05) is 48.8 Å². The number of esters is 1. The van der Waals surface area contributed by atoms with Crippen molar-refractivity contribution in [1.29, 1.82) is 0 Å². The van der Waals surface area contributed by atoms with Crippen LogP contribution in [0.15, 0.2) is 47.4 Å². The average molecular weight is 577 g/mol. The second kappa shape index (κ2) is 11.0. The number of nitrogens with zero attached hydrogens (tertiary/aromatic N) is 2. The zero-order valence-corrected chi connectivity index (χ0v) is 24.2. The van der Waals surface area contributed by atoms with E-state index in [0.29, 0.717) is 52.4 Å². The number of fused-ring (bicyclic) bond motifs is 1. The molecule has 3 aromatic rings. The Kier molecular flexibility index (Phi) is 7.58. The largest absolute Gasteiger partial charge is 0.465 e. The first-order chi connectivity index (χ1) is 19.5. The molecule has 0 aliphatic carbocycles. The number of H-pyrrole nitrogens is 1. The van der Waals surface area contributed by atoms with Gasteiger partial charge in [-0.05, 0) is 68.4 Å². The van der Waals surface area contributed by atoms with Crippen LogP contribution in [0.5, 0.6) is 0 Å². The van der Waals surface area contributed by atoms with Crippen molar-refractivity contribution in [3.63, 3.8) is 0 Å². The summed E-state index contributed by atoms with van der Waals surface area (Å²) in [5.41, 5.74) is 4.60. The molecule has 1 aromatic heterocycles. The molecule has 0 atom stereocenters. The number of nitrogens with one attached hydrogen (secondary N) is 2. The lowest BCUT2D eigenvalue weighted by molar-refractivity contribution is -0.110. The van der Waals surface area contributed by atoms with Crippen LogP contribution in [-0.4, -0.2) is 81.3 Å². The number of carbonyl (C=O) groups is 3. The molecule has 0 radical (unpaired) electrons. The normalized spacial score (nSPS) is 16.5. The van der Waals surface area contributed by atoms with Crippen LogP contribution in [0.4, 0.5) is 5.69 Å². The molecule has 2 N–H and O–H groups in total. The van der Waals surface area contributed by atoms with Gasteiger partial charge in [-0.3, -0.25) is 9.59 Å². The van der Waals surface area contributed by atoms with E-state index in [-0.39, 0.29) is 28.0 Å². The van der Waals surface area contributed by atoms with Gasteiger partial charge in [0.2, 0.25) is 0 Å². The van der Waals surface area contributed by atoms with E-state index in [1.54, 1.807) is 30.3 Å². The van der Waals surface area contributed by atoms with E-state index < -0.39 is 15.8 Å². The van der Waals surface area contributed by atoms with E-state index in [2.05, 4.69) is 15.2 Å². The van der Waals surface area contributed by atoms with Crippen LogP contribution in [0.1, 0.15) is 48.8 Å². The third-order valence-corrected chi connectivity index (χ3v) is 9.29. The molecule has 0 bridgehead atoms. The van der Waals surface area contributed by atoms with E-state index in [9.17, 15) is 22.8 Å². The van der Waals surface area contributed by atoms with Crippen LogP contribution in [0, 0.1) is 13.8 Å². The summed E-state index contributed by atoms with van der Waals surface area (Å²) in [4.78, 5) is 45.5. The number of methoxy groups -OCH3 is 1. The van der Waals surface area contributed by atoms with E-state index in [1.807, 2.05) is 25.8 Å². The Hall–Kier alpha value is -4.22. The molecular formula is C30H32N4O6S. The molecule has 41 heavy (non-hydrogen) atoms. The van der Waals surface area contributed by atoms with E-state index in [0.717, 1.165) is 18.7 Å². The monoisotopic (exact) mass is 576 g/mol. The van der Waals surface area contributed by atoms with Gasteiger partial charge < -0.3 is 24.8 Å². The molecular weight excluding hydrogens is 544 g/mol. The Morgan fingerprint density at radius 3 is 2.49 bits per heavy atom. The highest BCUT2D eigenvalue weighted by atomic mass is 32.2.